The van der Waals surface area contributed by atoms with Crippen LogP contribution in [0.15, 0.2) is 72.8 Å². The van der Waals surface area contributed by atoms with Gasteiger partial charge in [0.25, 0.3) is 5.91 Å². The van der Waals surface area contributed by atoms with Crippen LogP contribution in [-0.4, -0.2) is 22.8 Å². The molecule has 6 nitrogen and oxygen atoms in total. The van der Waals surface area contributed by atoms with E-state index in [0.717, 1.165) is 16.8 Å². The number of amides is 1. The summed E-state index contributed by atoms with van der Waals surface area (Å²) in [6, 6.07) is 22.0. The Kier molecular flexibility index (Phi) is 7.40. The van der Waals surface area contributed by atoms with Crippen LogP contribution in [-0.2, 0) is 13.2 Å². The fraction of sp³-hybridized carbons (Fsp3) is 0.154. The molecule has 0 spiro atoms. The minimum absolute atomic E-state index is 0.252. The number of nitrogens with one attached hydrogen (secondary N) is 1. The molecular formula is C26H23Cl2N3O3. The Bertz CT molecular complexity index is 1320. The Hall–Kier alpha value is -3.48. The first-order chi connectivity index (χ1) is 16.4. The Labute approximate surface area is 208 Å². The van der Waals surface area contributed by atoms with Crippen molar-refractivity contribution in [2.24, 2.45) is 0 Å². The van der Waals surface area contributed by atoms with E-state index in [1.54, 1.807) is 30.0 Å². The predicted octanol–water partition coefficient (Wildman–Crippen LogP) is 6.39. The summed E-state index contributed by atoms with van der Waals surface area (Å²) < 4.78 is 13.0. The van der Waals surface area contributed by atoms with E-state index in [1.807, 2.05) is 61.5 Å². The van der Waals surface area contributed by atoms with Crippen LogP contribution in [0, 0.1) is 6.92 Å². The zero-order chi connectivity index (χ0) is 24.1. The van der Waals surface area contributed by atoms with Crippen LogP contribution in [0.1, 0.15) is 27.2 Å². The minimum Gasteiger partial charge on any atom is -0.493 e. The van der Waals surface area contributed by atoms with Crippen LogP contribution in [0.3, 0.4) is 0 Å². The number of methoxy groups -OCH3 is 1. The van der Waals surface area contributed by atoms with E-state index in [0.29, 0.717) is 46.1 Å². The van der Waals surface area contributed by atoms with Gasteiger partial charge in [-0.15, -0.1) is 0 Å². The van der Waals surface area contributed by atoms with Gasteiger partial charge in [-0.3, -0.25) is 9.48 Å². The third-order valence-electron chi connectivity index (χ3n) is 5.19. The zero-order valence-electron chi connectivity index (χ0n) is 18.7. The van der Waals surface area contributed by atoms with E-state index in [9.17, 15) is 4.79 Å². The average Bonchev–Trinajstić information content (AvgIpc) is 3.18. The van der Waals surface area contributed by atoms with Crippen molar-refractivity contribution in [3.05, 3.63) is 105 Å². The number of ether oxygens (including phenoxy) is 2. The summed E-state index contributed by atoms with van der Waals surface area (Å²) >= 11 is 12.1. The van der Waals surface area contributed by atoms with Crippen LogP contribution in [0.25, 0.3) is 0 Å². The first-order valence-electron chi connectivity index (χ1n) is 10.6. The topological polar surface area (TPSA) is 65.4 Å². The summed E-state index contributed by atoms with van der Waals surface area (Å²) in [5.74, 6) is 1.52. The maximum Gasteiger partial charge on any atom is 0.256 e. The molecule has 0 radical (unpaired) electrons. The Balaban J connectivity index is 1.42. The fourth-order valence-electron chi connectivity index (χ4n) is 3.43. The molecule has 0 aliphatic carbocycles. The number of nitrogens with zero attached hydrogens (tertiary/aromatic N) is 2. The lowest BCUT2D eigenvalue weighted by molar-refractivity contribution is 0.102. The molecule has 0 bridgehead atoms. The van der Waals surface area contributed by atoms with Crippen LogP contribution in [0.5, 0.6) is 11.5 Å². The summed E-state index contributed by atoms with van der Waals surface area (Å²) in [5.41, 5.74) is 3.24. The molecule has 0 atom stereocenters. The van der Waals surface area contributed by atoms with E-state index in [-0.39, 0.29) is 5.91 Å². The first kappa shape index (κ1) is 23.7. The number of aryl methyl sites for hydroxylation is 1. The molecule has 34 heavy (non-hydrogen) atoms. The highest BCUT2D eigenvalue weighted by atomic mass is 35.5. The highest BCUT2D eigenvalue weighted by molar-refractivity contribution is 6.42. The summed E-state index contributed by atoms with van der Waals surface area (Å²) in [5, 5.41) is 8.37. The molecule has 8 heteroatoms. The quantitative estimate of drug-likeness (QED) is 0.307. The maximum atomic E-state index is 12.8. The van der Waals surface area contributed by atoms with Gasteiger partial charge in [-0.1, -0.05) is 53.5 Å². The fourth-order valence-corrected chi connectivity index (χ4v) is 3.75. The minimum atomic E-state index is -0.252. The molecule has 1 N–H and O–H groups in total. The number of aromatic nitrogens is 2. The number of halogens is 2. The van der Waals surface area contributed by atoms with Gasteiger partial charge in [0.2, 0.25) is 0 Å². The van der Waals surface area contributed by atoms with Crippen molar-refractivity contribution in [3.63, 3.8) is 0 Å². The van der Waals surface area contributed by atoms with Crippen molar-refractivity contribution in [3.8, 4) is 11.5 Å². The van der Waals surface area contributed by atoms with Crippen molar-refractivity contribution in [1.82, 2.24) is 9.78 Å². The van der Waals surface area contributed by atoms with Gasteiger partial charge in [-0.25, -0.2) is 0 Å². The van der Waals surface area contributed by atoms with Gasteiger partial charge in [-0.05, 0) is 54.4 Å². The largest absolute Gasteiger partial charge is 0.493 e. The number of hydrogen-bond acceptors (Lipinski definition) is 4. The number of para-hydroxylation sites is 2. The van der Waals surface area contributed by atoms with Gasteiger partial charge in [0.1, 0.15) is 6.61 Å². The van der Waals surface area contributed by atoms with Gasteiger partial charge >= 0.3 is 0 Å². The van der Waals surface area contributed by atoms with Crippen LogP contribution >= 0.6 is 23.2 Å². The molecule has 0 saturated heterocycles. The molecule has 1 amide bonds. The van der Waals surface area contributed by atoms with E-state index >= 15 is 0 Å². The molecule has 0 aliphatic heterocycles. The van der Waals surface area contributed by atoms with E-state index < -0.39 is 0 Å². The summed E-state index contributed by atoms with van der Waals surface area (Å²) in [7, 11) is 1.60. The maximum absolute atomic E-state index is 12.8. The molecular weight excluding hydrogens is 473 g/mol. The molecule has 0 fully saturated rings. The molecule has 174 valence electrons. The van der Waals surface area contributed by atoms with Crippen molar-refractivity contribution < 1.29 is 14.3 Å². The Morgan fingerprint density at radius 2 is 1.74 bits per heavy atom. The highest BCUT2D eigenvalue weighted by Gasteiger charge is 2.12. The normalized spacial score (nSPS) is 10.7. The Morgan fingerprint density at radius 3 is 2.50 bits per heavy atom. The van der Waals surface area contributed by atoms with Gasteiger partial charge in [-0.2, -0.15) is 5.10 Å². The van der Waals surface area contributed by atoms with Gasteiger partial charge < -0.3 is 14.8 Å². The number of rotatable bonds is 8. The van der Waals surface area contributed by atoms with Crippen molar-refractivity contribution in [2.45, 2.75) is 20.1 Å². The van der Waals surface area contributed by atoms with Crippen LogP contribution in [0.4, 0.5) is 5.82 Å². The average molecular weight is 496 g/mol. The smallest absolute Gasteiger partial charge is 0.256 e. The van der Waals surface area contributed by atoms with Crippen molar-refractivity contribution in [1.29, 1.82) is 0 Å². The third kappa shape index (κ3) is 5.71. The summed E-state index contributed by atoms with van der Waals surface area (Å²) in [4.78, 5) is 12.8. The molecule has 4 aromatic rings. The summed E-state index contributed by atoms with van der Waals surface area (Å²) in [6.45, 7) is 2.74. The molecule has 3 aromatic carbocycles. The standard InChI is InChI=1S/C26H23Cl2N3O3/c1-17-12-25(30-31(17)15-18-10-11-21(27)22(28)14-18)29-26(32)20-7-5-6-19(13-20)16-34-24-9-4-3-8-23(24)33-2/h3-14H,15-16H2,1-2H3,(H,29,30,32). The van der Waals surface area contributed by atoms with Crippen LogP contribution < -0.4 is 14.8 Å². The molecule has 0 unspecified atom stereocenters. The predicted molar refractivity (Wildman–Crippen MR) is 134 cm³/mol. The van der Waals surface area contributed by atoms with Crippen molar-refractivity contribution in [2.75, 3.05) is 12.4 Å². The zero-order valence-corrected chi connectivity index (χ0v) is 20.2. The number of carbonyl (C=O) groups excluding carboxylic acids is 1. The molecule has 0 aliphatic rings. The second-order valence-corrected chi connectivity index (χ2v) is 8.49. The lowest BCUT2D eigenvalue weighted by Gasteiger charge is -2.11. The monoisotopic (exact) mass is 495 g/mol. The number of anilines is 1. The van der Waals surface area contributed by atoms with Crippen LogP contribution in [0.2, 0.25) is 10.0 Å². The Morgan fingerprint density at radius 1 is 0.941 bits per heavy atom. The molecule has 1 aromatic heterocycles. The summed E-state index contributed by atoms with van der Waals surface area (Å²) in [6.07, 6.45) is 0. The highest BCUT2D eigenvalue weighted by Crippen LogP contribution is 2.27. The van der Waals surface area contributed by atoms with E-state index in [2.05, 4.69) is 10.4 Å². The lowest BCUT2D eigenvalue weighted by Crippen LogP contribution is -2.13. The SMILES string of the molecule is COc1ccccc1OCc1cccc(C(=O)Nc2cc(C)n(Cc3ccc(Cl)c(Cl)c3)n2)c1. The van der Waals surface area contributed by atoms with Crippen molar-refractivity contribution >= 4 is 34.9 Å². The van der Waals surface area contributed by atoms with Gasteiger partial charge in [0.15, 0.2) is 17.3 Å². The second-order valence-electron chi connectivity index (χ2n) is 7.67. The lowest BCUT2D eigenvalue weighted by atomic mass is 10.1. The second kappa shape index (κ2) is 10.6. The number of benzene rings is 3. The third-order valence-corrected chi connectivity index (χ3v) is 5.93. The van der Waals surface area contributed by atoms with E-state index in [4.69, 9.17) is 32.7 Å². The first-order valence-corrected chi connectivity index (χ1v) is 11.3. The molecule has 4 rings (SSSR count). The molecule has 1 heterocycles. The van der Waals surface area contributed by atoms with Gasteiger partial charge in [0, 0.05) is 17.3 Å². The molecule has 0 saturated carbocycles. The van der Waals surface area contributed by atoms with E-state index in [1.165, 1.54) is 0 Å². The number of carbonyl (C=O) groups is 1. The van der Waals surface area contributed by atoms with Gasteiger partial charge in [0.05, 0.1) is 23.7 Å². The number of hydrogen-bond donors (Lipinski definition) is 1.